The van der Waals surface area contributed by atoms with Crippen molar-refractivity contribution in [1.82, 2.24) is 0 Å². The lowest BCUT2D eigenvalue weighted by Crippen LogP contribution is -2.59. The van der Waals surface area contributed by atoms with Crippen LogP contribution in [0.15, 0.2) is 0 Å². The number of ether oxygens (including phenoxy) is 4. The second-order valence-electron chi connectivity index (χ2n) is 10.2. The summed E-state index contributed by atoms with van der Waals surface area (Å²) in [5, 5.41) is -5.91. The van der Waals surface area contributed by atoms with Crippen LogP contribution in [0.2, 0.25) is 0 Å². The fraction of sp³-hybridized carbons (Fsp3) is 0.950. The van der Waals surface area contributed by atoms with Crippen LogP contribution in [0, 0.1) is 16.7 Å². The van der Waals surface area contributed by atoms with Crippen molar-refractivity contribution in [3.8, 4) is 0 Å². The molecule has 8 nitrogen and oxygen atoms in total. The Labute approximate surface area is 205 Å². The van der Waals surface area contributed by atoms with Crippen LogP contribution >= 0.6 is 0 Å². The molecule has 5 unspecified atom stereocenters. The Hall–Kier alpha value is -1.30. The summed E-state index contributed by atoms with van der Waals surface area (Å²) in [6.45, 7) is -4.85. The van der Waals surface area contributed by atoms with Gasteiger partial charge in [-0.1, -0.05) is 0 Å². The molecule has 17 heteroatoms. The lowest BCUT2D eigenvalue weighted by Gasteiger charge is -2.55. The van der Waals surface area contributed by atoms with Gasteiger partial charge in [-0.2, -0.15) is 43.5 Å². The van der Waals surface area contributed by atoms with E-state index < -0.39 is 95.2 Å². The van der Waals surface area contributed by atoms with E-state index in [1.165, 1.54) is 0 Å². The first-order valence-electron chi connectivity index (χ1n) is 11.3. The number of esters is 1. The molecule has 3 bridgehead atoms. The van der Waals surface area contributed by atoms with Gasteiger partial charge in [0.1, 0.15) is 13.2 Å². The second kappa shape index (κ2) is 8.86. The molecular formula is C20H24F8O8S. The maximum Gasteiger partial charge on any atom is 0.459 e. The fourth-order valence-corrected chi connectivity index (χ4v) is 6.41. The highest BCUT2D eigenvalue weighted by atomic mass is 32.2. The zero-order valence-electron chi connectivity index (χ0n) is 19.0. The van der Waals surface area contributed by atoms with Crippen molar-refractivity contribution in [3.05, 3.63) is 0 Å². The molecule has 1 aliphatic heterocycles. The van der Waals surface area contributed by atoms with Gasteiger partial charge in [0, 0.05) is 11.8 Å². The zero-order chi connectivity index (χ0) is 27.7. The predicted molar refractivity (Wildman–Crippen MR) is 104 cm³/mol. The van der Waals surface area contributed by atoms with Crippen molar-refractivity contribution >= 4 is 16.1 Å². The van der Waals surface area contributed by atoms with Gasteiger partial charge < -0.3 is 18.9 Å². The van der Waals surface area contributed by atoms with Gasteiger partial charge in [-0.05, 0) is 38.0 Å². The third kappa shape index (κ3) is 4.61. The largest absolute Gasteiger partial charge is 0.465 e. The summed E-state index contributed by atoms with van der Waals surface area (Å²) >= 11 is 0. The molecular weight excluding hydrogens is 552 g/mol. The first-order valence-corrected chi connectivity index (χ1v) is 12.8. The SMILES string of the molecule is O=C(OCCCOC(F)(F)C(F)(F)S(=O)(=O)O)C12CC3CC4(C1)C(CC4OCC(F)(F)C(F)(F)CO3)C2. The van der Waals surface area contributed by atoms with Crippen LogP contribution in [0.1, 0.15) is 38.5 Å². The van der Waals surface area contributed by atoms with E-state index in [0.717, 1.165) is 0 Å². The Morgan fingerprint density at radius 2 is 1.59 bits per heavy atom. The lowest BCUT2D eigenvalue weighted by molar-refractivity contribution is -0.318. The Morgan fingerprint density at radius 3 is 2.22 bits per heavy atom. The van der Waals surface area contributed by atoms with Crippen molar-refractivity contribution < 1.29 is 71.8 Å². The van der Waals surface area contributed by atoms with Gasteiger partial charge in [0.05, 0.1) is 30.8 Å². The number of hydrogen-bond acceptors (Lipinski definition) is 7. The summed E-state index contributed by atoms with van der Waals surface area (Å²) in [4.78, 5) is 13.0. The van der Waals surface area contributed by atoms with Crippen LogP contribution in [0.3, 0.4) is 0 Å². The van der Waals surface area contributed by atoms with Crippen LogP contribution in [-0.4, -0.2) is 80.8 Å². The molecule has 4 fully saturated rings. The number of hydrogen-bond donors (Lipinski definition) is 1. The molecule has 1 spiro atoms. The summed E-state index contributed by atoms with van der Waals surface area (Å²) in [6.07, 6.45) is -7.08. The van der Waals surface area contributed by atoms with Crippen LogP contribution in [0.25, 0.3) is 0 Å². The molecule has 4 rings (SSSR count). The molecule has 4 aliphatic rings. The highest BCUT2D eigenvalue weighted by Gasteiger charge is 2.72. The molecule has 0 radical (unpaired) electrons. The number of rotatable bonds is 8. The van der Waals surface area contributed by atoms with Crippen molar-refractivity contribution in [3.63, 3.8) is 0 Å². The Morgan fingerprint density at radius 1 is 0.973 bits per heavy atom. The zero-order valence-corrected chi connectivity index (χ0v) is 19.9. The minimum Gasteiger partial charge on any atom is -0.465 e. The van der Waals surface area contributed by atoms with E-state index >= 15 is 0 Å². The van der Waals surface area contributed by atoms with Gasteiger partial charge in [0.25, 0.3) is 0 Å². The standard InChI is InChI=1S/C20H24F8O8S/c21-17(22)9-34-12-6-15(5-11-4-13(16(11,7-12)8-15)35-10-18(17,23)24)14(29)33-2-1-3-36-19(25,26)20(27,28)37(30,31)32/h11-13H,1-10H2,(H,30,31,32). The maximum absolute atomic E-state index is 14.0. The molecule has 37 heavy (non-hydrogen) atoms. The van der Waals surface area contributed by atoms with Crippen molar-refractivity contribution in [2.75, 3.05) is 26.4 Å². The number of carbonyl (C=O) groups excluding carboxylic acids is 1. The van der Waals surface area contributed by atoms with Crippen molar-refractivity contribution in [2.45, 2.75) is 73.9 Å². The average Bonchev–Trinajstić information content (AvgIpc) is 2.95. The Bertz CT molecular complexity index is 1020. The third-order valence-corrected chi connectivity index (χ3v) is 8.77. The minimum atomic E-state index is -6.48. The molecule has 0 amide bonds. The highest BCUT2D eigenvalue weighted by molar-refractivity contribution is 7.86. The number of halogens is 8. The van der Waals surface area contributed by atoms with Crippen LogP contribution in [0.4, 0.5) is 35.1 Å². The molecule has 1 saturated heterocycles. The van der Waals surface area contributed by atoms with Gasteiger partial charge in [-0.3, -0.25) is 9.35 Å². The molecule has 3 saturated carbocycles. The fourth-order valence-electron chi connectivity index (χ4n) is 6.05. The summed E-state index contributed by atoms with van der Waals surface area (Å²) in [7, 11) is -6.48. The van der Waals surface area contributed by atoms with Gasteiger partial charge in [-0.15, -0.1) is 0 Å². The molecule has 3 aliphatic carbocycles. The summed E-state index contributed by atoms with van der Waals surface area (Å²) < 4.78 is 157. The number of carbonyl (C=O) groups is 1. The predicted octanol–water partition coefficient (Wildman–Crippen LogP) is 3.64. The van der Waals surface area contributed by atoms with Crippen LogP contribution in [-0.2, 0) is 33.9 Å². The topological polar surface area (TPSA) is 108 Å². The van der Waals surface area contributed by atoms with Crippen molar-refractivity contribution in [2.24, 2.45) is 16.7 Å². The molecule has 0 aromatic heterocycles. The highest BCUT2D eigenvalue weighted by Crippen LogP contribution is 2.71. The van der Waals surface area contributed by atoms with Gasteiger partial charge in [0.15, 0.2) is 0 Å². The molecule has 1 N–H and O–H groups in total. The van der Waals surface area contributed by atoms with E-state index in [9.17, 15) is 48.3 Å². The Kier molecular flexibility index (Phi) is 6.87. The molecule has 0 aromatic rings. The van der Waals surface area contributed by atoms with Gasteiger partial charge in [0.2, 0.25) is 0 Å². The van der Waals surface area contributed by atoms with Crippen LogP contribution < -0.4 is 0 Å². The number of alkyl halides is 8. The Balaban J connectivity index is 1.37. The van der Waals surface area contributed by atoms with Gasteiger partial charge >= 0.3 is 39.3 Å². The molecule has 214 valence electrons. The molecule has 1 heterocycles. The number of fused-ring (bicyclic) bond motifs is 2. The normalized spacial score (nSPS) is 36.9. The van der Waals surface area contributed by atoms with Gasteiger partial charge in [-0.25, -0.2) is 0 Å². The quantitative estimate of drug-likeness (QED) is 0.202. The van der Waals surface area contributed by atoms with E-state index in [1.54, 1.807) is 0 Å². The van der Waals surface area contributed by atoms with E-state index in [2.05, 4.69) is 4.74 Å². The molecule has 5 atom stereocenters. The summed E-state index contributed by atoms with van der Waals surface area (Å²) in [5.41, 5.74) is -1.98. The van der Waals surface area contributed by atoms with E-state index in [0.29, 0.717) is 0 Å². The molecule has 0 aromatic carbocycles. The van der Waals surface area contributed by atoms with Crippen molar-refractivity contribution in [1.29, 1.82) is 0 Å². The minimum absolute atomic E-state index is 0.104. The second-order valence-corrected chi connectivity index (χ2v) is 11.7. The monoisotopic (exact) mass is 576 g/mol. The van der Waals surface area contributed by atoms with E-state index in [4.69, 9.17) is 18.8 Å². The average molecular weight is 576 g/mol. The summed E-state index contributed by atoms with van der Waals surface area (Å²) in [5.74, 6) is -9.91. The summed E-state index contributed by atoms with van der Waals surface area (Å²) in [6, 6.07) is 0. The maximum atomic E-state index is 14.0. The van der Waals surface area contributed by atoms with E-state index in [1.807, 2.05) is 0 Å². The first kappa shape index (κ1) is 28.7. The third-order valence-electron chi connectivity index (χ3n) is 7.89. The smallest absolute Gasteiger partial charge is 0.459 e. The van der Waals surface area contributed by atoms with E-state index in [-0.39, 0.29) is 38.0 Å². The van der Waals surface area contributed by atoms with Crippen LogP contribution in [0.5, 0.6) is 0 Å². The lowest BCUT2D eigenvalue weighted by atomic mass is 9.55. The first-order chi connectivity index (χ1) is 16.8.